The largest absolute Gasteiger partial charge is 0.431 e. The summed E-state index contributed by atoms with van der Waals surface area (Å²) < 4.78 is 5.71. The Bertz CT molecular complexity index is 893. The van der Waals surface area contributed by atoms with Gasteiger partial charge in [-0.05, 0) is 42.7 Å². The second-order valence-electron chi connectivity index (χ2n) is 5.38. The van der Waals surface area contributed by atoms with Crippen molar-refractivity contribution in [2.75, 3.05) is 5.32 Å². The van der Waals surface area contributed by atoms with Crippen LogP contribution in [0.1, 0.15) is 12.0 Å². The van der Waals surface area contributed by atoms with E-state index in [0.717, 1.165) is 24.1 Å². The van der Waals surface area contributed by atoms with Crippen LogP contribution in [0.5, 0.6) is 0 Å². The van der Waals surface area contributed by atoms with Crippen molar-refractivity contribution in [2.45, 2.75) is 23.3 Å². The summed E-state index contributed by atoms with van der Waals surface area (Å²) in [6.07, 6.45) is 1.59. The monoisotopic (exact) mass is 344 g/mol. The number of fused-ring (bicyclic) bond motifs is 2. The second-order valence-corrected chi connectivity index (χ2v) is 6.97. The van der Waals surface area contributed by atoms with Crippen molar-refractivity contribution < 1.29 is 9.21 Å². The summed E-state index contributed by atoms with van der Waals surface area (Å²) in [4.78, 5) is 16.8. The maximum absolute atomic E-state index is 12.4. The number of oxazole rings is 1. The van der Waals surface area contributed by atoms with Gasteiger partial charge in [-0.3, -0.25) is 4.79 Å². The van der Waals surface area contributed by atoms with Crippen LogP contribution in [-0.4, -0.2) is 16.1 Å². The minimum atomic E-state index is -0.231. The average molecular weight is 345 g/mol. The molecule has 0 saturated heterocycles. The molecule has 4 nitrogen and oxygen atoms in total. The lowest BCUT2D eigenvalue weighted by Gasteiger charge is -2.09. The Kier molecular flexibility index (Phi) is 3.75. The van der Waals surface area contributed by atoms with Gasteiger partial charge in [0.2, 0.25) is 5.91 Å². The first-order chi connectivity index (χ1) is 11.2. The van der Waals surface area contributed by atoms with Crippen LogP contribution in [-0.2, 0) is 11.2 Å². The predicted octanol–water partition coefficient (Wildman–Crippen LogP) is 4.53. The minimum Gasteiger partial charge on any atom is -0.431 e. The number of thioether (sulfide) groups is 1. The van der Waals surface area contributed by atoms with Crippen LogP contribution in [0.2, 0.25) is 5.02 Å². The van der Waals surface area contributed by atoms with E-state index in [1.165, 1.54) is 11.8 Å². The fourth-order valence-corrected chi connectivity index (χ4v) is 3.76. The molecule has 4 rings (SSSR count). The molecular formula is C17H13ClN2O2S. The van der Waals surface area contributed by atoms with Crippen molar-refractivity contribution in [3.8, 4) is 0 Å². The van der Waals surface area contributed by atoms with Crippen molar-refractivity contribution in [2.24, 2.45) is 0 Å². The van der Waals surface area contributed by atoms with Crippen molar-refractivity contribution >= 4 is 46.1 Å². The molecule has 1 aliphatic rings. The molecule has 1 aliphatic heterocycles. The quantitative estimate of drug-likeness (QED) is 0.742. The third-order valence-corrected chi connectivity index (χ3v) is 5.16. The van der Waals surface area contributed by atoms with Crippen LogP contribution in [0, 0.1) is 0 Å². The topological polar surface area (TPSA) is 55.1 Å². The second kappa shape index (κ2) is 5.91. The van der Waals surface area contributed by atoms with Gasteiger partial charge in [-0.1, -0.05) is 41.6 Å². The van der Waals surface area contributed by atoms with E-state index in [0.29, 0.717) is 21.3 Å². The number of aromatic nitrogens is 1. The molecule has 1 aromatic heterocycles. The van der Waals surface area contributed by atoms with Gasteiger partial charge in [0.25, 0.3) is 5.22 Å². The first-order valence-corrected chi connectivity index (χ1v) is 8.56. The summed E-state index contributed by atoms with van der Waals surface area (Å²) in [7, 11) is 0. The molecule has 0 bridgehead atoms. The Morgan fingerprint density at radius 3 is 3.04 bits per heavy atom. The van der Waals surface area contributed by atoms with E-state index in [9.17, 15) is 4.79 Å². The summed E-state index contributed by atoms with van der Waals surface area (Å²) in [5, 5.41) is 3.86. The van der Waals surface area contributed by atoms with E-state index in [1.54, 1.807) is 18.2 Å². The van der Waals surface area contributed by atoms with E-state index in [4.69, 9.17) is 16.0 Å². The zero-order valence-corrected chi connectivity index (χ0v) is 13.7. The Morgan fingerprint density at radius 1 is 1.26 bits per heavy atom. The number of aryl methyl sites for hydroxylation is 1. The van der Waals surface area contributed by atoms with Crippen molar-refractivity contribution in [3.05, 3.63) is 53.1 Å². The number of nitrogens with zero attached hydrogens (tertiary/aromatic N) is 1. The van der Waals surface area contributed by atoms with Crippen LogP contribution in [0.15, 0.2) is 52.1 Å². The molecule has 0 spiro atoms. The number of amides is 1. The van der Waals surface area contributed by atoms with Crippen LogP contribution >= 0.6 is 23.4 Å². The molecule has 1 amide bonds. The highest BCUT2D eigenvalue weighted by molar-refractivity contribution is 8.00. The maximum atomic E-state index is 12.4. The van der Waals surface area contributed by atoms with Crippen molar-refractivity contribution in [3.63, 3.8) is 0 Å². The number of carbonyl (C=O) groups excluding carboxylic acids is 1. The third-order valence-electron chi connectivity index (χ3n) is 3.82. The Balaban J connectivity index is 1.57. The van der Waals surface area contributed by atoms with Gasteiger partial charge in [0.1, 0.15) is 5.52 Å². The number of hydrogen-bond acceptors (Lipinski definition) is 4. The van der Waals surface area contributed by atoms with Gasteiger partial charge in [0, 0.05) is 10.7 Å². The molecule has 6 heteroatoms. The SMILES string of the molecule is O=C1Nc2ccccc2CCC1Sc1nc2cc(Cl)ccc2o1. The number of nitrogens with one attached hydrogen (secondary N) is 1. The normalized spacial score (nSPS) is 17.6. The van der Waals surface area contributed by atoms with Gasteiger partial charge in [-0.2, -0.15) is 0 Å². The molecule has 1 N–H and O–H groups in total. The maximum Gasteiger partial charge on any atom is 0.257 e. The fourth-order valence-electron chi connectivity index (χ4n) is 2.66. The molecule has 2 heterocycles. The molecule has 0 radical (unpaired) electrons. The van der Waals surface area contributed by atoms with Gasteiger partial charge in [-0.25, -0.2) is 4.98 Å². The smallest absolute Gasteiger partial charge is 0.257 e. The van der Waals surface area contributed by atoms with Gasteiger partial charge in [0.15, 0.2) is 5.58 Å². The lowest BCUT2D eigenvalue weighted by Crippen LogP contribution is -2.23. The minimum absolute atomic E-state index is 0.0137. The highest BCUT2D eigenvalue weighted by Gasteiger charge is 2.26. The van der Waals surface area contributed by atoms with Gasteiger partial charge >= 0.3 is 0 Å². The number of anilines is 1. The first kappa shape index (κ1) is 14.6. The standard InChI is InChI=1S/C17H13ClN2O2S/c18-11-6-7-14-13(9-11)20-17(22-14)23-15-8-5-10-3-1-2-4-12(10)19-16(15)21/h1-4,6-7,9,15H,5,8H2,(H,19,21). The number of halogens is 1. The number of para-hydroxylation sites is 1. The van der Waals surface area contributed by atoms with E-state index < -0.39 is 0 Å². The van der Waals surface area contributed by atoms with E-state index in [-0.39, 0.29) is 11.2 Å². The molecule has 1 unspecified atom stereocenters. The summed E-state index contributed by atoms with van der Waals surface area (Å²) in [5.41, 5.74) is 3.43. The van der Waals surface area contributed by atoms with Crippen LogP contribution in [0.3, 0.4) is 0 Å². The molecule has 0 fully saturated rings. The number of rotatable bonds is 2. The van der Waals surface area contributed by atoms with Gasteiger partial charge in [-0.15, -0.1) is 0 Å². The molecule has 2 aromatic carbocycles. The Hall–Kier alpha value is -1.98. The first-order valence-electron chi connectivity index (χ1n) is 7.30. The highest BCUT2D eigenvalue weighted by atomic mass is 35.5. The van der Waals surface area contributed by atoms with E-state index in [1.807, 2.05) is 24.3 Å². The molecule has 116 valence electrons. The van der Waals surface area contributed by atoms with Crippen LogP contribution in [0.4, 0.5) is 5.69 Å². The molecule has 23 heavy (non-hydrogen) atoms. The number of benzene rings is 2. The molecule has 3 aromatic rings. The Morgan fingerprint density at radius 2 is 2.13 bits per heavy atom. The lowest BCUT2D eigenvalue weighted by molar-refractivity contribution is -0.115. The summed E-state index contributed by atoms with van der Waals surface area (Å²) in [6, 6.07) is 13.2. The van der Waals surface area contributed by atoms with Crippen molar-refractivity contribution in [1.82, 2.24) is 4.98 Å². The zero-order valence-electron chi connectivity index (χ0n) is 12.1. The summed E-state index contributed by atoms with van der Waals surface area (Å²) in [5.74, 6) is -0.0137. The molecular weight excluding hydrogens is 332 g/mol. The Labute approximate surface area is 142 Å². The number of carbonyl (C=O) groups is 1. The summed E-state index contributed by atoms with van der Waals surface area (Å²) in [6.45, 7) is 0. The van der Waals surface area contributed by atoms with E-state index >= 15 is 0 Å². The third kappa shape index (κ3) is 2.94. The van der Waals surface area contributed by atoms with E-state index in [2.05, 4.69) is 10.3 Å². The highest BCUT2D eigenvalue weighted by Crippen LogP contribution is 2.33. The predicted molar refractivity (Wildman–Crippen MR) is 92.1 cm³/mol. The zero-order chi connectivity index (χ0) is 15.8. The van der Waals surface area contributed by atoms with Crippen LogP contribution in [0.25, 0.3) is 11.1 Å². The van der Waals surface area contributed by atoms with Crippen molar-refractivity contribution in [1.29, 1.82) is 0 Å². The van der Waals surface area contributed by atoms with Gasteiger partial charge < -0.3 is 9.73 Å². The lowest BCUT2D eigenvalue weighted by atomic mass is 10.1. The molecule has 0 aliphatic carbocycles. The molecule has 0 saturated carbocycles. The number of hydrogen-bond donors (Lipinski definition) is 1. The summed E-state index contributed by atoms with van der Waals surface area (Å²) >= 11 is 7.32. The van der Waals surface area contributed by atoms with Crippen LogP contribution < -0.4 is 5.32 Å². The fraction of sp³-hybridized carbons (Fsp3) is 0.176. The molecule has 1 atom stereocenters. The average Bonchev–Trinajstić information content (AvgIpc) is 2.86. The van der Waals surface area contributed by atoms with Gasteiger partial charge in [0.05, 0.1) is 5.25 Å².